The van der Waals surface area contributed by atoms with Crippen LogP contribution >= 0.6 is 0 Å². The van der Waals surface area contributed by atoms with Crippen LogP contribution in [-0.2, 0) is 11.8 Å². The first-order valence-electron chi connectivity index (χ1n) is 13.0. The summed E-state index contributed by atoms with van der Waals surface area (Å²) in [5.41, 5.74) is 0.800. The number of ether oxygens (including phenoxy) is 2. The third kappa shape index (κ3) is 8.39. The van der Waals surface area contributed by atoms with Gasteiger partial charge in [0, 0.05) is 12.0 Å². The quantitative estimate of drug-likeness (QED) is 0.258. The average Bonchev–Trinajstić information content (AvgIpc) is 2.88. The monoisotopic (exact) mass is 551 g/mol. The van der Waals surface area contributed by atoms with Crippen LogP contribution in [0, 0.1) is 5.92 Å². The minimum absolute atomic E-state index is 0.281. The van der Waals surface area contributed by atoms with Gasteiger partial charge in [-0.15, -0.1) is 26.3 Å². The SMILES string of the molecule is FC(F)(F)Oc1cccc(C(CNCC2CCCCC2)(Cc2ccccc2)c2cccc(OC(F)(F)F)c2)c1. The van der Waals surface area contributed by atoms with Crippen LogP contribution in [0.15, 0.2) is 78.9 Å². The fraction of sp³-hybridized carbons (Fsp3) is 0.400. The van der Waals surface area contributed by atoms with E-state index in [1.807, 2.05) is 30.3 Å². The predicted molar refractivity (Wildman–Crippen MR) is 137 cm³/mol. The van der Waals surface area contributed by atoms with E-state index in [0.29, 0.717) is 30.0 Å². The molecule has 3 aromatic rings. The van der Waals surface area contributed by atoms with Gasteiger partial charge in [-0.25, -0.2) is 0 Å². The van der Waals surface area contributed by atoms with Crippen molar-refractivity contribution in [1.82, 2.24) is 5.32 Å². The van der Waals surface area contributed by atoms with Gasteiger partial charge in [0.15, 0.2) is 0 Å². The zero-order valence-electron chi connectivity index (χ0n) is 21.3. The molecule has 1 aliphatic rings. The van der Waals surface area contributed by atoms with Crippen LogP contribution in [0.5, 0.6) is 11.5 Å². The van der Waals surface area contributed by atoms with Crippen LogP contribution in [0.2, 0.25) is 0 Å². The molecule has 1 saturated carbocycles. The van der Waals surface area contributed by atoms with Crippen LogP contribution in [0.4, 0.5) is 26.3 Å². The third-order valence-corrected chi connectivity index (χ3v) is 7.17. The maximum Gasteiger partial charge on any atom is 0.573 e. The topological polar surface area (TPSA) is 30.5 Å². The van der Waals surface area contributed by atoms with E-state index in [4.69, 9.17) is 0 Å². The molecule has 0 heterocycles. The van der Waals surface area contributed by atoms with Crippen LogP contribution in [0.1, 0.15) is 48.8 Å². The summed E-state index contributed by atoms with van der Waals surface area (Å²) >= 11 is 0. The van der Waals surface area contributed by atoms with E-state index >= 15 is 0 Å². The number of nitrogens with one attached hydrogen (secondary N) is 1. The van der Waals surface area contributed by atoms with Crippen LogP contribution in [0.25, 0.3) is 0 Å². The highest BCUT2D eigenvalue weighted by Gasteiger charge is 2.38. The molecule has 0 spiro atoms. The second kappa shape index (κ2) is 12.3. The minimum Gasteiger partial charge on any atom is -0.406 e. The van der Waals surface area contributed by atoms with E-state index < -0.39 is 29.6 Å². The predicted octanol–water partition coefficient (Wildman–Crippen LogP) is 8.18. The van der Waals surface area contributed by atoms with Crippen LogP contribution in [0.3, 0.4) is 0 Å². The van der Waals surface area contributed by atoms with Gasteiger partial charge in [-0.05, 0) is 72.7 Å². The molecule has 39 heavy (non-hydrogen) atoms. The van der Waals surface area contributed by atoms with Gasteiger partial charge in [0.05, 0.1) is 0 Å². The van der Waals surface area contributed by atoms with Gasteiger partial charge >= 0.3 is 12.7 Å². The van der Waals surface area contributed by atoms with Crippen molar-refractivity contribution in [2.24, 2.45) is 5.92 Å². The Morgan fingerprint density at radius 3 is 1.72 bits per heavy atom. The molecule has 9 heteroatoms. The molecule has 0 atom stereocenters. The van der Waals surface area contributed by atoms with E-state index in [9.17, 15) is 26.3 Å². The van der Waals surface area contributed by atoms with E-state index in [1.54, 1.807) is 12.1 Å². The van der Waals surface area contributed by atoms with E-state index in [0.717, 1.165) is 31.2 Å². The van der Waals surface area contributed by atoms with Gasteiger partial charge in [0.1, 0.15) is 11.5 Å². The van der Waals surface area contributed by atoms with E-state index in [1.165, 1.54) is 42.8 Å². The molecule has 0 amide bonds. The summed E-state index contributed by atoms with van der Waals surface area (Å²) in [7, 11) is 0. The summed E-state index contributed by atoms with van der Waals surface area (Å²) in [6.45, 7) is 0.983. The largest absolute Gasteiger partial charge is 0.573 e. The van der Waals surface area contributed by atoms with Crippen molar-refractivity contribution in [3.63, 3.8) is 0 Å². The average molecular weight is 552 g/mol. The molecule has 0 unspecified atom stereocenters. The summed E-state index contributed by atoms with van der Waals surface area (Å²) in [5, 5.41) is 3.52. The maximum absolute atomic E-state index is 13.1. The number of halogens is 6. The first kappa shape index (κ1) is 28.8. The Balaban J connectivity index is 1.80. The molecular weight excluding hydrogens is 520 g/mol. The van der Waals surface area contributed by atoms with Crippen LogP contribution in [-0.4, -0.2) is 25.8 Å². The molecule has 0 radical (unpaired) electrons. The fourth-order valence-electron chi connectivity index (χ4n) is 5.44. The highest BCUT2D eigenvalue weighted by Crippen LogP contribution is 2.40. The number of rotatable bonds is 10. The molecule has 0 aromatic heterocycles. The van der Waals surface area contributed by atoms with Gasteiger partial charge in [-0.2, -0.15) is 0 Å². The van der Waals surface area contributed by atoms with Crippen LogP contribution < -0.4 is 14.8 Å². The standard InChI is InChI=1S/C30H31F6NO2/c31-29(32,33)38-26-15-7-13-24(17-26)28(19-22-9-3-1-4-10-22,21-37-20-23-11-5-2-6-12-23)25-14-8-16-27(18-25)39-30(34,35)36/h1,3-4,7-10,13-18,23,37H,2,5-6,11-12,19-21H2. The third-order valence-electron chi connectivity index (χ3n) is 7.17. The van der Waals surface area contributed by atoms with Gasteiger partial charge in [-0.3, -0.25) is 0 Å². The lowest BCUT2D eigenvalue weighted by Crippen LogP contribution is -2.43. The first-order valence-corrected chi connectivity index (χ1v) is 13.0. The Morgan fingerprint density at radius 2 is 1.21 bits per heavy atom. The molecular formula is C30H31F6NO2. The summed E-state index contributed by atoms with van der Waals surface area (Å²) < 4.78 is 87.0. The smallest absolute Gasteiger partial charge is 0.406 e. The summed E-state index contributed by atoms with van der Waals surface area (Å²) in [4.78, 5) is 0. The zero-order chi connectivity index (χ0) is 27.9. The number of benzene rings is 3. The Hall–Kier alpha value is -3.20. The molecule has 3 nitrogen and oxygen atoms in total. The van der Waals surface area contributed by atoms with Gasteiger partial charge in [-0.1, -0.05) is 73.9 Å². The Morgan fingerprint density at radius 1 is 0.667 bits per heavy atom. The molecule has 1 aliphatic carbocycles. The van der Waals surface area contributed by atoms with Crippen molar-refractivity contribution in [3.8, 4) is 11.5 Å². The Bertz CT molecular complexity index is 1130. The van der Waals surface area contributed by atoms with Crippen molar-refractivity contribution >= 4 is 0 Å². The van der Waals surface area contributed by atoms with Crippen molar-refractivity contribution in [3.05, 3.63) is 95.6 Å². The van der Waals surface area contributed by atoms with Crippen molar-refractivity contribution in [2.75, 3.05) is 13.1 Å². The lowest BCUT2D eigenvalue weighted by molar-refractivity contribution is -0.275. The minimum atomic E-state index is -4.89. The zero-order valence-corrected chi connectivity index (χ0v) is 21.3. The Kier molecular flexibility index (Phi) is 9.10. The number of hydrogen-bond donors (Lipinski definition) is 1. The maximum atomic E-state index is 13.1. The highest BCUT2D eigenvalue weighted by atomic mass is 19.4. The molecule has 0 bridgehead atoms. The van der Waals surface area contributed by atoms with Crippen molar-refractivity contribution in [1.29, 1.82) is 0 Å². The van der Waals surface area contributed by atoms with Gasteiger partial charge in [0.25, 0.3) is 0 Å². The lowest BCUT2D eigenvalue weighted by atomic mass is 9.70. The highest BCUT2D eigenvalue weighted by molar-refractivity contribution is 5.47. The molecule has 0 saturated heterocycles. The van der Waals surface area contributed by atoms with Gasteiger partial charge in [0.2, 0.25) is 0 Å². The lowest BCUT2D eigenvalue weighted by Gasteiger charge is -2.37. The van der Waals surface area contributed by atoms with Gasteiger partial charge < -0.3 is 14.8 Å². The molecule has 3 aromatic carbocycles. The molecule has 0 aliphatic heterocycles. The normalized spacial score (nSPS) is 15.2. The molecule has 4 rings (SSSR count). The number of hydrogen-bond acceptors (Lipinski definition) is 3. The number of alkyl halides is 6. The Labute approximate surface area is 224 Å². The summed E-state index contributed by atoms with van der Waals surface area (Å²) in [6, 6.07) is 20.7. The van der Waals surface area contributed by atoms with E-state index in [-0.39, 0.29) is 6.54 Å². The molecule has 210 valence electrons. The fourth-order valence-corrected chi connectivity index (χ4v) is 5.44. The summed E-state index contributed by atoms with van der Waals surface area (Å²) in [5.74, 6) is -0.326. The summed E-state index contributed by atoms with van der Waals surface area (Å²) in [6.07, 6.45) is -3.79. The molecule has 1 fully saturated rings. The van der Waals surface area contributed by atoms with Crippen molar-refractivity contribution in [2.45, 2.75) is 56.7 Å². The first-order chi connectivity index (χ1) is 18.5. The second-order valence-corrected chi connectivity index (χ2v) is 10.0. The second-order valence-electron chi connectivity index (χ2n) is 10.0. The van der Waals surface area contributed by atoms with E-state index in [2.05, 4.69) is 14.8 Å². The molecule has 1 N–H and O–H groups in total. The van der Waals surface area contributed by atoms with Crippen molar-refractivity contribution < 1.29 is 35.8 Å².